The van der Waals surface area contributed by atoms with Crippen molar-refractivity contribution < 1.29 is 8.85 Å². The van der Waals surface area contributed by atoms with Gasteiger partial charge in [0.05, 0.1) is 5.67 Å². The van der Waals surface area contributed by atoms with Crippen molar-refractivity contribution in [2.45, 2.75) is 57.7 Å². The standard InChI is InChI=1S/C15H31NO2Si/c1-11(2)19(17-4,18-5)15-14-8-6-7-12(3)13(14)9-10-16-15/h11-16H,6-10H2,1-5H3. The first-order valence-corrected chi connectivity index (χ1v) is 9.87. The molecule has 3 nitrogen and oxygen atoms in total. The van der Waals surface area contributed by atoms with Crippen LogP contribution in [0.3, 0.4) is 0 Å². The minimum absolute atomic E-state index is 0.462. The van der Waals surface area contributed by atoms with E-state index in [9.17, 15) is 0 Å². The van der Waals surface area contributed by atoms with Crippen LogP contribution in [0.1, 0.15) is 46.5 Å². The Hall–Kier alpha value is 0.0969. The van der Waals surface area contributed by atoms with Gasteiger partial charge in [0.25, 0.3) is 0 Å². The highest BCUT2D eigenvalue weighted by Gasteiger charge is 2.54. The summed E-state index contributed by atoms with van der Waals surface area (Å²) in [4.78, 5) is 0. The summed E-state index contributed by atoms with van der Waals surface area (Å²) in [6, 6.07) is 0. The van der Waals surface area contributed by atoms with Gasteiger partial charge in [-0.2, -0.15) is 0 Å². The SMILES string of the molecule is CO[Si](OC)(C(C)C)C1NCCC2C(C)CCCC21. The van der Waals surface area contributed by atoms with Crippen molar-refractivity contribution in [2.75, 3.05) is 20.8 Å². The second kappa shape index (κ2) is 6.25. The Morgan fingerprint density at radius 2 is 1.74 bits per heavy atom. The maximum absolute atomic E-state index is 6.03. The van der Waals surface area contributed by atoms with Crippen LogP contribution in [0.4, 0.5) is 0 Å². The number of hydrogen-bond donors (Lipinski definition) is 1. The summed E-state index contributed by atoms with van der Waals surface area (Å²) < 4.78 is 12.1. The van der Waals surface area contributed by atoms with E-state index in [4.69, 9.17) is 8.85 Å². The summed E-state index contributed by atoms with van der Waals surface area (Å²) in [5.41, 5.74) is 0.944. The molecule has 0 aromatic carbocycles. The largest absolute Gasteiger partial charge is 0.397 e. The van der Waals surface area contributed by atoms with Crippen molar-refractivity contribution in [1.82, 2.24) is 5.32 Å². The average Bonchev–Trinajstić information content (AvgIpc) is 2.41. The summed E-state index contributed by atoms with van der Waals surface area (Å²) >= 11 is 0. The summed E-state index contributed by atoms with van der Waals surface area (Å²) in [5, 5.41) is 3.77. The molecule has 1 saturated carbocycles. The molecule has 4 atom stereocenters. The first kappa shape index (κ1) is 15.5. The molecule has 1 N–H and O–H groups in total. The quantitative estimate of drug-likeness (QED) is 0.805. The van der Waals surface area contributed by atoms with Gasteiger partial charge >= 0.3 is 8.56 Å². The molecule has 1 saturated heterocycles. The highest BCUT2D eigenvalue weighted by atomic mass is 28.4. The minimum atomic E-state index is -2.17. The van der Waals surface area contributed by atoms with Crippen LogP contribution in [0.15, 0.2) is 0 Å². The van der Waals surface area contributed by atoms with Crippen LogP contribution in [0.5, 0.6) is 0 Å². The summed E-state index contributed by atoms with van der Waals surface area (Å²) in [6.45, 7) is 8.09. The van der Waals surface area contributed by atoms with Gasteiger partial charge < -0.3 is 14.2 Å². The number of fused-ring (bicyclic) bond motifs is 1. The Kier molecular flexibility index (Phi) is 5.09. The predicted octanol–water partition coefficient (Wildman–Crippen LogP) is 3.08. The molecule has 0 aromatic heterocycles. The fraction of sp³-hybridized carbons (Fsp3) is 1.00. The Labute approximate surface area is 119 Å². The molecule has 2 rings (SSSR count). The second-order valence-electron chi connectivity index (χ2n) is 6.74. The molecule has 1 aliphatic heterocycles. The highest BCUT2D eigenvalue weighted by molar-refractivity contribution is 6.70. The van der Waals surface area contributed by atoms with E-state index in [0.29, 0.717) is 11.2 Å². The number of piperidine rings is 1. The molecular formula is C15H31NO2Si. The highest BCUT2D eigenvalue weighted by Crippen LogP contribution is 2.44. The normalized spacial score (nSPS) is 36.3. The van der Waals surface area contributed by atoms with Gasteiger partial charge in [-0.05, 0) is 42.7 Å². The van der Waals surface area contributed by atoms with Gasteiger partial charge in [-0.15, -0.1) is 0 Å². The van der Waals surface area contributed by atoms with Crippen molar-refractivity contribution in [2.24, 2.45) is 17.8 Å². The van der Waals surface area contributed by atoms with E-state index < -0.39 is 8.56 Å². The number of rotatable bonds is 4. The maximum Gasteiger partial charge on any atom is 0.358 e. The maximum atomic E-state index is 6.03. The topological polar surface area (TPSA) is 30.5 Å². The van der Waals surface area contributed by atoms with Gasteiger partial charge in [-0.25, -0.2) is 0 Å². The van der Waals surface area contributed by atoms with Gasteiger partial charge in [0, 0.05) is 14.2 Å². The zero-order chi connectivity index (χ0) is 14.0. The molecular weight excluding hydrogens is 254 g/mol. The van der Waals surface area contributed by atoms with Crippen LogP contribution in [-0.2, 0) is 8.85 Å². The molecule has 0 radical (unpaired) electrons. The van der Waals surface area contributed by atoms with Crippen LogP contribution in [-0.4, -0.2) is 35.0 Å². The number of hydrogen-bond acceptors (Lipinski definition) is 3. The summed E-state index contributed by atoms with van der Waals surface area (Å²) in [6.07, 6.45) is 5.46. The lowest BCUT2D eigenvalue weighted by molar-refractivity contribution is 0.0832. The zero-order valence-electron chi connectivity index (χ0n) is 13.2. The van der Waals surface area contributed by atoms with Crippen molar-refractivity contribution >= 4 is 8.56 Å². The first-order chi connectivity index (χ1) is 9.06. The Bertz CT molecular complexity index is 294. The molecule has 1 aliphatic carbocycles. The molecule has 0 amide bonds. The molecule has 1 heterocycles. The number of nitrogens with one attached hydrogen (secondary N) is 1. The third-order valence-corrected chi connectivity index (χ3v) is 10.0. The van der Waals surface area contributed by atoms with Crippen LogP contribution in [0, 0.1) is 17.8 Å². The zero-order valence-corrected chi connectivity index (χ0v) is 14.2. The van der Waals surface area contributed by atoms with Gasteiger partial charge in [-0.3, -0.25) is 0 Å². The average molecular weight is 286 g/mol. The summed E-state index contributed by atoms with van der Waals surface area (Å²) in [5.74, 6) is 2.50. The molecule has 2 fully saturated rings. The third kappa shape index (κ3) is 2.65. The van der Waals surface area contributed by atoms with Crippen molar-refractivity contribution in [1.29, 1.82) is 0 Å². The van der Waals surface area contributed by atoms with E-state index in [1.807, 2.05) is 14.2 Å². The fourth-order valence-electron chi connectivity index (χ4n) is 4.60. The lowest BCUT2D eigenvalue weighted by Gasteiger charge is -2.51. The van der Waals surface area contributed by atoms with Crippen LogP contribution >= 0.6 is 0 Å². The second-order valence-corrected chi connectivity index (χ2v) is 10.8. The van der Waals surface area contributed by atoms with Gasteiger partial charge in [0.1, 0.15) is 0 Å². The van der Waals surface area contributed by atoms with E-state index in [2.05, 4.69) is 26.1 Å². The minimum Gasteiger partial charge on any atom is -0.397 e. The molecule has 0 aromatic rings. The van der Waals surface area contributed by atoms with E-state index >= 15 is 0 Å². The molecule has 0 spiro atoms. The van der Waals surface area contributed by atoms with Crippen molar-refractivity contribution in [3.63, 3.8) is 0 Å². The molecule has 4 heteroatoms. The van der Waals surface area contributed by atoms with E-state index in [1.165, 1.54) is 25.7 Å². The van der Waals surface area contributed by atoms with Gasteiger partial charge in [-0.1, -0.05) is 33.6 Å². The summed E-state index contributed by atoms with van der Waals surface area (Å²) in [7, 11) is 1.54. The van der Waals surface area contributed by atoms with Crippen LogP contribution in [0.2, 0.25) is 5.54 Å². The fourth-order valence-corrected chi connectivity index (χ4v) is 8.38. The van der Waals surface area contributed by atoms with E-state index in [-0.39, 0.29) is 0 Å². The van der Waals surface area contributed by atoms with E-state index in [0.717, 1.165) is 24.3 Å². The lowest BCUT2D eigenvalue weighted by atomic mass is 9.69. The lowest BCUT2D eigenvalue weighted by Crippen LogP contribution is -2.67. The van der Waals surface area contributed by atoms with Crippen molar-refractivity contribution in [3.05, 3.63) is 0 Å². The molecule has 4 unspecified atom stereocenters. The first-order valence-electron chi connectivity index (χ1n) is 7.90. The Morgan fingerprint density at radius 3 is 2.32 bits per heavy atom. The Morgan fingerprint density at radius 1 is 1.05 bits per heavy atom. The van der Waals surface area contributed by atoms with Crippen molar-refractivity contribution in [3.8, 4) is 0 Å². The Balaban J connectivity index is 2.26. The van der Waals surface area contributed by atoms with Crippen LogP contribution in [0.25, 0.3) is 0 Å². The predicted molar refractivity (Wildman–Crippen MR) is 81.3 cm³/mol. The van der Waals surface area contributed by atoms with E-state index in [1.54, 1.807) is 0 Å². The molecule has 2 aliphatic rings. The molecule has 0 bridgehead atoms. The third-order valence-electron chi connectivity index (χ3n) is 5.62. The van der Waals surface area contributed by atoms with Gasteiger partial charge in [0.15, 0.2) is 0 Å². The van der Waals surface area contributed by atoms with Gasteiger partial charge in [0.2, 0.25) is 0 Å². The monoisotopic (exact) mass is 285 g/mol. The molecule has 19 heavy (non-hydrogen) atoms. The van der Waals surface area contributed by atoms with Crippen LogP contribution < -0.4 is 5.32 Å². The smallest absolute Gasteiger partial charge is 0.358 e. The molecule has 112 valence electrons.